The van der Waals surface area contributed by atoms with Crippen molar-refractivity contribution in [3.63, 3.8) is 0 Å². The van der Waals surface area contributed by atoms with Crippen LogP contribution < -0.4 is 10.2 Å². The Hall–Kier alpha value is -0.770. The SMILES string of the molecule is C[C@H](C(=O)Nc1cc(Cl)ccc1Cl)[NH+]1CCCCC1. The summed E-state index contributed by atoms with van der Waals surface area (Å²) in [7, 11) is 0. The number of piperidine rings is 1. The van der Waals surface area contributed by atoms with E-state index in [1.54, 1.807) is 18.2 Å². The molecular weight excluding hydrogens is 283 g/mol. The molecule has 1 aliphatic rings. The molecule has 1 atom stereocenters. The number of likely N-dealkylation sites (tertiary alicyclic amines) is 1. The van der Waals surface area contributed by atoms with Gasteiger partial charge in [0.25, 0.3) is 5.91 Å². The van der Waals surface area contributed by atoms with Crippen LogP contribution in [0.5, 0.6) is 0 Å². The van der Waals surface area contributed by atoms with Gasteiger partial charge in [-0.15, -0.1) is 0 Å². The van der Waals surface area contributed by atoms with Gasteiger partial charge in [0.1, 0.15) is 0 Å². The summed E-state index contributed by atoms with van der Waals surface area (Å²) in [5.74, 6) is 0.000988. The van der Waals surface area contributed by atoms with Gasteiger partial charge >= 0.3 is 0 Å². The lowest BCUT2D eigenvalue weighted by Gasteiger charge is -2.28. The Labute approximate surface area is 123 Å². The first-order chi connectivity index (χ1) is 9.08. The van der Waals surface area contributed by atoms with Crippen molar-refractivity contribution < 1.29 is 9.69 Å². The summed E-state index contributed by atoms with van der Waals surface area (Å²) in [6.07, 6.45) is 3.67. The molecule has 1 fully saturated rings. The van der Waals surface area contributed by atoms with E-state index in [2.05, 4.69) is 5.32 Å². The standard InChI is InChI=1S/C14H18Cl2N2O/c1-10(18-7-3-2-4-8-18)14(19)17-13-9-11(15)5-6-12(13)16/h5-6,9-10H,2-4,7-8H2,1H3,(H,17,19)/p+1/t10-/m1/s1. The molecule has 0 bridgehead atoms. The van der Waals surface area contributed by atoms with E-state index in [0.717, 1.165) is 13.1 Å². The van der Waals surface area contributed by atoms with Crippen molar-refractivity contribution in [3.05, 3.63) is 28.2 Å². The molecule has 1 aliphatic heterocycles. The zero-order chi connectivity index (χ0) is 13.8. The van der Waals surface area contributed by atoms with Gasteiger partial charge in [0.15, 0.2) is 6.04 Å². The monoisotopic (exact) mass is 301 g/mol. The van der Waals surface area contributed by atoms with Gasteiger partial charge in [-0.2, -0.15) is 0 Å². The molecular formula is C14H19Cl2N2O+. The van der Waals surface area contributed by atoms with Gasteiger partial charge in [0.2, 0.25) is 0 Å². The molecule has 1 aromatic carbocycles. The van der Waals surface area contributed by atoms with E-state index in [1.165, 1.54) is 24.2 Å². The molecule has 104 valence electrons. The third kappa shape index (κ3) is 3.85. The highest BCUT2D eigenvalue weighted by molar-refractivity contribution is 6.35. The number of halogens is 2. The maximum absolute atomic E-state index is 12.2. The Balaban J connectivity index is 2.01. The second-order valence-electron chi connectivity index (χ2n) is 5.05. The lowest BCUT2D eigenvalue weighted by Crippen LogP contribution is -3.17. The molecule has 2 rings (SSSR count). The van der Waals surface area contributed by atoms with E-state index in [0.29, 0.717) is 15.7 Å². The molecule has 3 nitrogen and oxygen atoms in total. The van der Waals surface area contributed by atoms with Crippen LogP contribution in [0.4, 0.5) is 5.69 Å². The largest absolute Gasteiger partial charge is 0.325 e. The summed E-state index contributed by atoms with van der Waals surface area (Å²) in [5, 5.41) is 3.95. The highest BCUT2D eigenvalue weighted by Gasteiger charge is 2.26. The number of benzene rings is 1. The van der Waals surface area contributed by atoms with Crippen LogP contribution in [0, 0.1) is 0 Å². The van der Waals surface area contributed by atoms with E-state index in [-0.39, 0.29) is 11.9 Å². The highest BCUT2D eigenvalue weighted by atomic mass is 35.5. The fraction of sp³-hybridized carbons (Fsp3) is 0.500. The number of rotatable bonds is 3. The van der Waals surface area contributed by atoms with Crippen LogP contribution in [0.15, 0.2) is 18.2 Å². The molecule has 19 heavy (non-hydrogen) atoms. The molecule has 1 heterocycles. The van der Waals surface area contributed by atoms with Gasteiger partial charge < -0.3 is 10.2 Å². The number of carbonyl (C=O) groups excluding carboxylic acids is 1. The van der Waals surface area contributed by atoms with Crippen molar-refractivity contribution in [2.24, 2.45) is 0 Å². The van der Waals surface area contributed by atoms with E-state index < -0.39 is 0 Å². The molecule has 1 amide bonds. The fourth-order valence-electron chi connectivity index (χ4n) is 2.46. The van der Waals surface area contributed by atoms with Gasteiger partial charge in [0.05, 0.1) is 23.8 Å². The van der Waals surface area contributed by atoms with E-state index in [1.807, 2.05) is 6.92 Å². The summed E-state index contributed by atoms with van der Waals surface area (Å²) in [5.41, 5.74) is 0.586. The van der Waals surface area contributed by atoms with E-state index in [9.17, 15) is 4.79 Å². The normalized spacial score (nSPS) is 18.1. The van der Waals surface area contributed by atoms with Crippen molar-refractivity contribution in [1.82, 2.24) is 0 Å². The minimum Gasteiger partial charge on any atom is -0.325 e. The molecule has 0 spiro atoms. The van der Waals surface area contributed by atoms with Gasteiger partial charge in [0, 0.05) is 5.02 Å². The van der Waals surface area contributed by atoms with Gasteiger partial charge in [-0.25, -0.2) is 0 Å². The van der Waals surface area contributed by atoms with Crippen LogP contribution >= 0.6 is 23.2 Å². The predicted octanol–water partition coefficient (Wildman–Crippen LogP) is 2.39. The first-order valence-electron chi connectivity index (χ1n) is 6.68. The van der Waals surface area contributed by atoms with E-state index in [4.69, 9.17) is 23.2 Å². The zero-order valence-corrected chi connectivity index (χ0v) is 12.5. The average molecular weight is 302 g/mol. The lowest BCUT2D eigenvalue weighted by molar-refractivity contribution is -0.918. The molecule has 2 N–H and O–H groups in total. The van der Waals surface area contributed by atoms with E-state index >= 15 is 0 Å². The molecule has 0 radical (unpaired) electrons. The van der Waals surface area contributed by atoms with Gasteiger partial charge in [-0.05, 0) is 44.4 Å². The van der Waals surface area contributed by atoms with Crippen LogP contribution in [0.3, 0.4) is 0 Å². The molecule has 1 aromatic rings. The van der Waals surface area contributed by atoms with Crippen molar-refractivity contribution >= 4 is 34.8 Å². The van der Waals surface area contributed by atoms with Gasteiger partial charge in [-0.3, -0.25) is 4.79 Å². The summed E-state index contributed by atoms with van der Waals surface area (Å²) in [6, 6.07) is 5.02. The van der Waals surface area contributed by atoms with Crippen LogP contribution in [0.25, 0.3) is 0 Å². The van der Waals surface area contributed by atoms with Crippen molar-refractivity contribution in [2.75, 3.05) is 18.4 Å². The highest BCUT2D eigenvalue weighted by Crippen LogP contribution is 2.25. The summed E-state index contributed by atoms with van der Waals surface area (Å²) >= 11 is 12.0. The number of hydrogen-bond acceptors (Lipinski definition) is 1. The van der Waals surface area contributed by atoms with Crippen LogP contribution in [0.2, 0.25) is 10.0 Å². The number of nitrogens with one attached hydrogen (secondary N) is 2. The minimum atomic E-state index is -0.0599. The minimum absolute atomic E-state index is 0.000988. The predicted molar refractivity (Wildman–Crippen MR) is 79.1 cm³/mol. The summed E-state index contributed by atoms with van der Waals surface area (Å²) in [6.45, 7) is 4.10. The number of hydrogen-bond donors (Lipinski definition) is 2. The molecule has 0 aliphatic carbocycles. The smallest absolute Gasteiger partial charge is 0.282 e. The van der Waals surface area contributed by atoms with Crippen LogP contribution in [0.1, 0.15) is 26.2 Å². The first kappa shape index (κ1) is 14.6. The molecule has 0 saturated carbocycles. The number of carbonyl (C=O) groups is 1. The number of anilines is 1. The second-order valence-corrected chi connectivity index (χ2v) is 5.90. The third-order valence-electron chi connectivity index (χ3n) is 3.69. The van der Waals surface area contributed by atoms with Crippen LogP contribution in [-0.2, 0) is 4.79 Å². The van der Waals surface area contributed by atoms with Crippen molar-refractivity contribution in [2.45, 2.75) is 32.2 Å². The average Bonchev–Trinajstić information content (AvgIpc) is 2.43. The Morgan fingerprint density at radius 3 is 2.63 bits per heavy atom. The maximum atomic E-state index is 12.2. The maximum Gasteiger partial charge on any atom is 0.282 e. The van der Waals surface area contributed by atoms with Gasteiger partial charge in [-0.1, -0.05) is 23.2 Å². The third-order valence-corrected chi connectivity index (χ3v) is 4.25. The quantitative estimate of drug-likeness (QED) is 0.883. The number of quaternary nitrogens is 1. The Bertz CT molecular complexity index is 459. The molecule has 0 aromatic heterocycles. The number of amides is 1. The Morgan fingerprint density at radius 1 is 1.26 bits per heavy atom. The lowest BCUT2D eigenvalue weighted by atomic mass is 10.1. The summed E-state index contributed by atoms with van der Waals surface area (Å²) in [4.78, 5) is 13.6. The molecule has 5 heteroatoms. The Morgan fingerprint density at radius 2 is 1.95 bits per heavy atom. The first-order valence-corrected chi connectivity index (χ1v) is 7.44. The summed E-state index contributed by atoms with van der Waals surface area (Å²) < 4.78 is 0. The van der Waals surface area contributed by atoms with Crippen molar-refractivity contribution in [1.29, 1.82) is 0 Å². The fourth-order valence-corrected chi connectivity index (χ4v) is 2.80. The molecule has 0 unspecified atom stereocenters. The van der Waals surface area contributed by atoms with Crippen molar-refractivity contribution in [3.8, 4) is 0 Å². The topological polar surface area (TPSA) is 33.5 Å². The molecule has 1 saturated heterocycles. The van der Waals surface area contributed by atoms with Crippen LogP contribution in [-0.4, -0.2) is 25.0 Å². The Kier molecular flexibility index (Phi) is 5.08. The zero-order valence-electron chi connectivity index (χ0n) is 11.0. The second kappa shape index (κ2) is 6.60.